The number of carbonyl (C=O) groups is 1. The van der Waals surface area contributed by atoms with Gasteiger partial charge in [-0.3, -0.25) is 9.36 Å². The van der Waals surface area contributed by atoms with E-state index in [-0.39, 0.29) is 66.1 Å². The van der Waals surface area contributed by atoms with E-state index >= 15 is 4.39 Å². The quantitative estimate of drug-likeness (QED) is 0.231. The summed E-state index contributed by atoms with van der Waals surface area (Å²) in [6, 6.07) is 1.18. The summed E-state index contributed by atoms with van der Waals surface area (Å²) in [5.74, 6) is -2.52. The molecule has 4 heterocycles. The van der Waals surface area contributed by atoms with E-state index in [1.807, 2.05) is 0 Å². The van der Waals surface area contributed by atoms with Gasteiger partial charge in [-0.05, 0) is 18.2 Å². The lowest BCUT2D eigenvalue weighted by Crippen LogP contribution is -2.66. The third-order valence-electron chi connectivity index (χ3n) is 7.91. The van der Waals surface area contributed by atoms with Crippen molar-refractivity contribution in [1.29, 1.82) is 0 Å². The van der Waals surface area contributed by atoms with Crippen molar-refractivity contribution in [1.82, 2.24) is 14.5 Å². The molecule has 3 aliphatic rings. The van der Waals surface area contributed by atoms with Crippen molar-refractivity contribution in [3.63, 3.8) is 0 Å². The van der Waals surface area contributed by atoms with Gasteiger partial charge >= 0.3 is 11.9 Å². The fourth-order valence-corrected chi connectivity index (χ4v) is 7.51. The molecule has 3 aromatic rings. The van der Waals surface area contributed by atoms with Crippen LogP contribution < -0.4 is 10.6 Å². The van der Waals surface area contributed by atoms with Gasteiger partial charge in [0, 0.05) is 53.4 Å². The van der Waals surface area contributed by atoms with E-state index in [4.69, 9.17) is 21.1 Å². The first kappa shape index (κ1) is 29.9. The molecule has 228 valence electrons. The molecule has 0 N–H and O–H groups in total. The van der Waals surface area contributed by atoms with E-state index in [2.05, 4.69) is 11.6 Å². The van der Waals surface area contributed by atoms with Crippen LogP contribution >= 0.6 is 23.4 Å². The number of piperazine rings is 1. The Kier molecular flexibility index (Phi) is 7.68. The number of amides is 1. The molecular weight excluding hydrogens is 619 g/mol. The molecule has 2 fully saturated rings. The number of fused-ring (bicyclic) bond motifs is 2. The molecule has 6 rings (SSSR count). The van der Waals surface area contributed by atoms with Crippen LogP contribution in [0.4, 0.5) is 27.8 Å². The van der Waals surface area contributed by atoms with E-state index < -0.39 is 63.4 Å². The van der Waals surface area contributed by atoms with Gasteiger partial charge in [-0.1, -0.05) is 18.2 Å². The van der Waals surface area contributed by atoms with E-state index in [0.717, 1.165) is 23.9 Å². The van der Waals surface area contributed by atoms with Crippen LogP contribution in [-0.2, 0) is 27.0 Å². The molecule has 1 amide bonds. The molecule has 8 nitrogen and oxygen atoms in total. The number of ether oxygens (including phenoxy) is 2. The lowest BCUT2D eigenvalue weighted by Gasteiger charge is -2.49. The summed E-state index contributed by atoms with van der Waals surface area (Å²) in [6.07, 6.45) is -4.38. The topological polar surface area (TPSA) is 76.9 Å². The lowest BCUT2D eigenvalue weighted by molar-refractivity contribution is -0.142. The minimum atomic E-state index is -4.99. The summed E-state index contributed by atoms with van der Waals surface area (Å²) >= 11 is 6.89. The van der Waals surface area contributed by atoms with Crippen LogP contribution in [0.2, 0.25) is 5.02 Å². The zero-order chi connectivity index (χ0) is 30.8. The maximum atomic E-state index is 15.2. The molecule has 3 atom stereocenters. The zero-order valence-corrected chi connectivity index (χ0v) is 24.2. The van der Waals surface area contributed by atoms with Crippen LogP contribution in [0.15, 0.2) is 40.5 Å². The Balaban J connectivity index is 1.65. The number of thioether (sulfide) groups is 1. The monoisotopic (exact) mass is 642 g/mol. The van der Waals surface area contributed by atoms with Crippen LogP contribution in [0, 0.1) is 11.6 Å². The number of benzene rings is 2. The normalized spacial score (nSPS) is 22.1. The highest BCUT2D eigenvalue weighted by molar-refractivity contribution is 7.99. The van der Waals surface area contributed by atoms with Gasteiger partial charge in [0.25, 0.3) is 0 Å². The third kappa shape index (κ3) is 5.07. The Hall–Kier alpha value is -3.20. The minimum Gasteiger partial charge on any atom is -0.379 e. The molecule has 0 saturated carbocycles. The molecular formula is C28H24ClF5N4O4S. The number of rotatable bonds is 4. The van der Waals surface area contributed by atoms with Gasteiger partial charge < -0.3 is 19.3 Å². The number of halogens is 6. The number of alkyl halides is 3. The van der Waals surface area contributed by atoms with Gasteiger partial charge in [0.1, 0.15) is 17.5 Å². The molecule has 3 aliphatic heterocycles. The number of hydrogen-bond acceptors (Lipinski definition) is 7. The van der Waals surface area contributed by atoms with E-state index in [0.29, 0.717) is 6.07 Å². The Morgan fingerprint density at radius 2 is 1.86 bits per heavy atom. The number of anilines is 1. The average molecular weight is 643 g/mol. The first-order valence-electron chi connectivity index (χ1n) is 13.2. The first-order valence-corrected chi connectivity index (χ1v) is 14.6. The molecule has 0 radical (unpaired) electrons. The van der Waals surface area contributed by atoms with Crippen LogP contribution in [0.3, 0.4) is 0 Å². The predicted molar refractivity (Wildman–Crippen MR) is 151 cm³/mol. The van der Waals surface area contributed by atoms with Gasteiger partial charge in [-0.25, -0.2) is 13.6 Å². The highest BCUT2D eigenvalue weighted by Crippen LogP contribution is 2.49. The van der Waals surface area contributed by atoms with Crippen molar-refractivity contribution in [3.05, 3.63) is 63.6 Å². The molecule has 1 aromatic heterocycles. The fraction of sp³-hybridized carbons (Fsp3) is 0.393. The van der Waals surface area contributed by atoms with Crippen molar-refractivity contribution in [2.75, 3.05) is 44.1 Å². The highest BCUT2D eigenvalue weighted by atomic mass is 35.5. The molecule has 0 spiro atoms. The summed E-state index contributed by atoms with van der Waals surface area (Å²) < 4.78 is 86.2. The van der Waals surface area contributed by atoms with Gasteiger partial charge in [0.2, 0.25) is 5.91 Å². The molecule has 2 bridgehead atoms. The van der Waals surface area contributed by atoms with Crippen LogP contribution in [0.5, 0.6) is 0 Å². The second kappa shape index (κ2) is 11.1. The van der Waals surface area contributed by atoms with Gasteiger partial charge in [-0.2, -0.15) is 18.2 Å². The van der Waals surface area contributed by atoms with Crippen molar-refractivity contribution < 1.29 is 36.2 Å². The summed E-state index contributed by atoms with van der Waals surface area (Å²) in [7, 11) is 1.41. The van der Waals surface area contributed by atoms with E-state index in [1.165, 1.54) is 17.8 Å². The minimum absolute atomic E-state index is 0.00577. The molecule has 0 aliphatic carbocycles. The average Bonchev–Trinajstić information content (AvgIpc) is 3.16. The van der Waals surface area contributed by atoms with E-state index in [9.17, 15) is 27.2 Å². The van der Waals surface area contributed by atoms with Crippen molar-refractivity contribution >= 4 is 46.0 Å². The predicted octanol–water partition coefficient (Wildman–Crippen LogP) is 4.74. The van der Waals surface area contributed by atoms with Gasteiger partial charge in [0.15, 0.2) is 0 Å². The summed E-state index contributed by atoms with van der Waals surface area (Å²) in [6.45, 7) is 4.17. The first-order chi connectivity index (χ1) is 20.4. The number of carbonyl (C=O) groups excluding carboxylic acids is 1. The molecule has 15 heteroatoms. The molecule has 2 aromatic carbocycles. The van der Waals surface area contributed by atoms with Crippen LogP contribution in [0.25, 0.3) is 22.0 Å². The summed E-state index contributed by atoms with van der Waals surface area (Å²) in [5, 5.41) is -0.537. The number of nitrogens with zero attached hydrogens (tertiary/aromatic N) is 4. The summed E-state index contributed by atoms with van der Waals surface area (Å²) in [5.41, 5.74) is -2.93. The number of hydrogen-bond donors (Lipinski definition) is 0. The van der Waals surface area contributed by atoms with Crippen LogP contribution in [0.1, 0.15) is 5.56 Å². The lowest BCUT2D eigenvalue weighted by atomic mass is 9.95. The Bertz CT molecular complexity index is 1700. The van der Waals surface area contributed by atoms with E-state index in [1.54, 1.807) is 9.80 Å². The maximum Gasteiger partial charge on any atom is 0.417 e. The van der Waals surface area contributed by atoms with Crippen LogP contribution in [-0.4, -0.2) is 77.7 Å². The number of methoxy groups -OCH3 is 1. The van der Waals surface area contributed by atoms with Crippen molar-refractivity contribution in [3.8, 4) is 11.1 Å². The number of aromatic nitrogens is 2. The Labute approximate surface area is 251 Å². The zero-order valence-electron chi connectivity index (χ0n) is 22.6. The van der Waals surface area contributed by atoms with Crippen molar-refractivity contribution in [2.45, 2.75) is 35.8 Å². The van der Waals surface area contributed by atoms with Crippen molar-refractivity contribution in [2.24, 2.45) is 0 Å². The SMILES string of the molecule is C=CC(=O)N1C2COCC1CN(c1nc(=O)n3c4c(c(-c5cc(Cl)c(F)cc5F)c(C(F)(F)F)cc14)SC[C@@H](OC)C3)C2. The van der Waals surface area contributed by atoms with Gasteiger partial charge in [-0.15, -0.1) is 11.8 Å². The highest BCUT2D eigenvalue weighted by Gasteiger charge is 2.43. The molecule has 2 saturated heterocycles. The smallest absolute Gasteiger partial charge is 0.379 e. The molecule has 2 unspecified atom stereocenters. The molecule has 43 heavy (non-hydrogen) atoms. The maximum absolute atomic E-state index is 15.2. The van der Waals surface area contributed by atoms with Gasteiger partial charge in [0.05, 0.1) is 54.0 Å². The Morgan fingerprint density at radius 3 is 2.49 bits per heavy atom. The fourth-order valence-electron chi connectivity index (χ4n) is 6.03. The summed E-state index contributed by atoms with van der Waals surface area (Å²) in [4.78, 5) is 33.7. The third-order valence-corrected chi connectivity index (χ3v) is 9.43. The number of morpholine rings is 1. The second-order valence-corrected chi connectivity index (χ2v) is 11.9. The second-order valence-electron chi connectivity index (χ2n) is 10.5. The standard InChI is InChI=1S/C28H24ClF5N4O4S/c1-3-22(39)38-13-7-36(8-14(38)11-42-10-13)26-17-4-18(28(32,33)34)23(16-5-19(29)21(31)6-20(16)30)25-24(17)37(27(40)35-26)9-15(41-2)12-43-25/h3-6,13-15H,1,7-12H2,2H3/t13?,14?,15-/m0/s1. The largest absolute Gasteiger partial charge is 0.417 e. The Morgan fingerprint density at radius 1 is 1.16 bits per heavy atom.